The SMILES string of the molecule is CN(C(=O)CCC1CCCN1)c1cccnc1.Cl.Cl. The monoisotopic (exact) mass is 305 g/mol. The highest BCUT2D eigenvalue weighted by molar-refractivity contribution is 5.92. The molecule has 1 fully saturated rings. The van der Waals surface area contributed by atoms with Crippen molar-refractivity contribution in [2.24, 2.45) is 0 Å². The van der Waals surface area contributed by atoms with Gasteiger partial charge in [0.05, 0.1) is 11.9 Å². The van der Waals surface area contributed by atoms with Crippen molar-refractivity contribution in [3.8, 4) is 0 Å². The number of anilines is 1. The van der Waals surface area contributed by atoms with Gasteiger partial charge >= 0.3 is 0 Å². The van der Waals surface area contributed by atoms with E-state index in [2.05, 4.69) is 10.3 Å². The number of carbonyl (C=O) groups is 1. The van der Waals surface area contributed by atoms with Gasteiger partial charge in [-0.3, -0.25) is 9.78 Å². The third-order valence-corrected chi connectivity index (χ3v) is 3.28. The highest BCUT2D eigenvalue weighted by atomic mass is 35.5. The molecule has 0 aliphatic carbocycles. The fraction of sp³-hybridized carbons (Fsp3) is 0.538. The third-order valence-electron chi connectivity index (χ3n) is 3.28. The first-order chi connectivity index (χ1) is 8.27. The molecule has 1 aliphatic rings. The maximum absolute atomic E-state index is 12.0. The van der Waals surface area contributed by atoms with Crippen molar-refractivity contribution in [3.05, 3.63) is 24.5 Å². The second-order valence-corrected chi connectivity index (χ2v) is 4.50. The minimum Gasteiger partial charge on any atom is -0.314 e. The fourth-order valence-electron chi connectivity index (χ4n) is 2.16. The lowest BCUT2D eigenvalue weighted by Gasteiger charge is -2.18. The minimum atomic E-state index is 0. The van der Waals surface area contributed by atoms with Crippen LogP contribution in [0.15, 0.2) is 24.5 Å². The van der Waals surface area contributed by atoms with Crippen LogP contribution in [0.25, 0.3) is 0 Å². The van der Waals surface area contributed by atoms with Gasteiger partial charge in [-0.1, -0.05) is 0 Å². The Morgan fingerprint density at radius 1 is 1.53 bits per heavy atom. The number of hydrogen-bond acceptors (Lipinski definition) is 3. The van der Waals surface area contributed by atoms with E-state index in [4.69, 9.17) is 0 Å². The Labute approximate surface area is 126 Å². The van der Waals surface area contributed by atoms with Gasteiger partial charge in [-0.15, -0.1) is 24.8 Å². The quantitative estimate of drug-likeness (QED) is 0.929. The molecule has 0 spiro atoms. The van der Waals surface area contributed by atoms with E-state index in [1.807, 2.05) is 12.1 Å². The number of halogens is 2. The predicted molar refractivity (Wildman–Crippen MR) is 82.4 cm³/mol. The van der Waals surface area contributed by atoms with Crippen LogP contribution in [-0.4, -0.2) is 30.5 Å². The first-order valence-electron chi connectivity index (χ1n) is 6.17. The normalized spacial score (nSPS) is 17.2. The molecule has 0 bridgehead atoms. The molecule has 6 heteroatoms. The molecule has 0 aromatic carbocycles. The van der Waals surface area contributed by atoms with Crippen molar-refractivity contribution in [2.45, 2.75) is 31.7 Å². The summed E-state index contributed by atoms with van der Waals surface area (Å²) in [4.78, 5) is 17.7. The van der Waals surface area contributed by atoms with Crippen LogP contribution >= 0.6 is 24.8 Å². The van der Waals surface area contributed by atoms with E-state index in [9.17, 15) is 4.79 Å². The van der Waals surface area contributed by atoms with Crippen molar-refractivity contribution in [3.63, 3.8) is 0 Å². The molecular formula is C13H21Cl2N3O. The van der Waals surface area contributed by atoms with Crippen LogP contribution in [0.4, 0.5) is 5.69 Å². The van der Waals surface area contributed by atoms with E-state index in [1.165, 1.54) is 12.8 Å². The number of nitrogens with zero attached hydrogens (tertiary/aromatic N) is 2. The summed E-state index contributed by atoms with van der Waals surface area (Å²) in [5, 5.41) is 3.41. The molecule has 1 aromatic rings. The van der Waals surface area contributed by atoms with Crippen molar-refractivity contribution < 1.29 is 4.79 Å². The molecule has 0 radical (unpaired) electrons. The molecule has 108 valence electrons. The number of rotatable bonds is 4. The number of aromatic nitrogens is 1. The summed E-state index contributed by atoms with van der Waals surface area (Å²) in [5.41, 5.74) is 0.858. The summed E-state index contributed by atoms with van der Waals surface area (Å²) in [5.74, 6) is 0.159. The van der Waals surface area contributed by atoms with Crippen LogP contribution in [0.5, 0.6) is 0 Å². The third kappa shape index (κ3) is 5.35. The molecule has 1 atom stereocenters. The fourth-order valence-corrected chi connectivity index (χ4v) is 2.16. The van der Waals surface area contributed by atoms with Gasteiger partial charge in [-0.05, 0) is 37.9 Å². The van der Waals surface area contributed by atoms with E-state index >= 15 is 0 Å². The number of nitrogens with one attached hydrogen (secondary N) is 1. The standard InChI is InChI=1S/C13H19N3O.2ClH/c1-16(12-5-3-8-14-10-12)13(17)7-6-11-4-2-9-15-11;;/h3,5,8,10-11,15H,2,4,6-7,9H2,1H3;2*1H. The lowest BCUT2D eigenvalue weighted by molar-refractivity contribution is -0.118. The van der Waals surface area contributed by atoms with E-state index in [1.54, 1.807) is 24.3 Å². The number of amides is 1. The summed E-state index contributed by atoms with van der Waals surface area (Å²) in [6, 6.07) is 4.28. The lowest BCUT2D eigenvalue weighted by atomic mass is 10.1. The van der Waals surface area contributed by atoms with E-state index in [-0.39, 0.29) is 30.7 Å². The zero-order chi connectivity index (χ0) is 12.1. The topological polar surface area (TPSA) is 45.2 Å². The Kier molecular flexibility index (Phi) is 8.72. The second-order valence-electron chi connectivity index (χ2n) is 4.50. The van der Waals surface area contributed by atoms with Crippen molar-refractivity contribution in [1.29, 1.82) is 0 Å². The Balaban J connectivity index is 0.00000162. The predicted octanol–water partition coefficient (Wildman–Crippen LogP) is 2.42. The summed E-state index contributed by atoms with van der Waals surface area (Å²) in [7, 11) is 1.81. The van der Waals surface area contributed by atoms with Crippen LogP contribution in [0.3, 0.4) is 0 Å². The summed E-state index contributed by atoms with van der Waals surface area (Å²) in [6.45, 7) is 1.09. The smallest absolute Gasteiger partial charge is 0.226 e. The number of pyridine rings is 1. The zero-order valence-corrected chi connectivity index (χ0v) is 12.7. The molecule has 2 heterocycles. The number of hydrogen-bond donors (Lipinski definition) is 1. The largest absolute Gasteiger partial charge is 0.314 e. The van der Waals surface area contributed by atoms with Gasteiger partial charge in [0.25, 0.3) is 0 Å². The molecule has 2 rings (SSSR count). The second kappa shape index (κ2) is 9.13. The van der Waals surface area contributed by atoms with Crippen LogP contribution < -0.4 is 10.2 Å². The lowest BCUT2D eigenvalue weighted by Crippen LogP contribution is -2.29. The number of carbonyl (C=O) groups excluding carboxylic acids is 1. The van der Waals surface area contributed by atoms with Gasteiger partial charge in [0.2, 0.25) is 5.91 Å². The molecule has 1 N–H and O–H groups in total. The average Bonchev–Trinajstić information content (AvgIpc) is 2.89. The Morgan fingerprint density at radius 3 is 2.89 bits per heavy atom. The summed E-state index contributed by atoms with van der Waals surface area (Å²) in [6.07, 6.45) is 7.39. The van der Waals surface area contributed by atoms with E-state index in [0.717, 1.165) is 18.7 Å². The molecule has 1 aliphatic heterocycles. The zero-order valence-electron chi connectivity index (χ0n) is 11.0. The Hall–Kier alpha value is -0.840. The molecule has 1 amide bonds. The molecule has 1 aromatic heterocycles. The maximum Gasteiger partial charge on any atom is 0.226 e. The van der Waals surface area contributed by atoms with Gasteiger partial charge in [-0.2, -0.15) is 0 Å². The van der Waals surface area contributed by atoms with Crippen LogP contribution in [0, 0.1) is 0 Å². The van der Waals surface area contributed by atoms with Gasteiger partial charge in [0.1, 0.15) is 0 Å². The molecule has 0 saturated carbocycles. The molecule has 19 heavy (non-hydrogen) atoms. The first-order valence-corrected chi connectivity index (χ1v) is 6.17. The van der Waals surface area contributed by atoms with Gasteiger partial charge in [0.15, 0.2) is 0 Å². The highest BCUT2D eigenvalue weighted by Gasteiger charge is 2.17. The molecule has 1 saturated heterocycles. The van der Waals surface area contributed by atoms with Gasteiger partial charge in [-0.25, -0.2) is 0 Å². The van der Waals surface area contributed by atoms with Crippen LogP contribution in [0.2, 0.25) is 0 Å². The minimum absolute atomic E-state index is 0. The summed E-state index contributed by atoms with van der Waals surface area (Å²) < 4.78 is 0. The Bertz CT molecular complexity index is 369. The van der Waals surface area contributed by atoms with Crippen molar-refractivity contribution in [1.82, 2.24) is 10.3 Å². The van der Waals surface area contributed by atoms with Crippen LogP contribution in [0.1, 0.15) is 25.7 Å². The maximum atomic E-state index is 12.0. The van der Waals surface area contributed by atoms with Crippen LogP contribution in [-0.2, 0) is 4.79 Å². The van der Waals surface area contributed by atoms with Crippen molar-refractivity contribution >= 4 is 36.4 Å². The van der Waals surface area contributed by atoms with Gasteiger partial charge in [0, 0.05) is 25.7 Å². The van der Waals surface area contributed by atoms with Gasteiger partial charge < -0.3 is 10.2 Å². The molecule has 1 unspecified atom stereocenters. The van der Waals surface area contributed by atoms with E-state index in [0.29, 0.717) is 12.5 Å². The van der Waals surface area contributed by atoms with E-state index < -0.39 is 0 Å². The first kappa shape index (κ1) is 18.2. The molecular weight excluding hydrogens is 285 g/mol. The average molecular weight is 306 g/mol. The molecule has 4 nitrogen and oxygen atoms in total. The Morgan fingerprint density at radius 2 is 2.32 bits per heavy atom. The highest BCUT2D eigenvalue weighted by Crippen LogP contribution is 2.14. The summed E-state index contributed by atoms with van der Waals surface area (Å²) >= 11 is 0. The van der Waals surface area contributed by atoms with Crippen molar-refractivity contribution in [2.75, 3.05) is 18.5 Å².